The number of thiophene rings is 1. The second kappa shape index (κ2) is 5.66. The van der Waals surface area contributed by atoms with Gasteiger partial charge in [-0.1, -0.05) is 0 Å². The predicted molar refractivity (Wildman–Crippen MR) is 69.9 cm³/mol. The molecule has 7 heteroatoms. The van der Waals surface area contributed by atoms with E-state index in [9.17, 15) is 14.4 Å². The van der Waals surface area contributed by atoms with E-state index in [-0.39, 0.29) is 18.4 Å². The van der Waals surface area contributed by atoms with Gasteiger partial charge in [-0.3, -0.25) is 9.59 Å². The molecule has 0 aromatic carbocycles. The molecule has 1 aliphatic heterocycles. The van der Waals surface area contributed by atoms with Gasteiger partial charge in [0.05, 0.1) is 12.1 Å². The predicted octanol–water partition coefficient (Wildman–Crippen LogP) is 0.418. The summed E-state index contributed by atoms with van der Waals surface area (Å²) in [5.74, 6) is -1.41. The lowest BCUT2D eigenvalue weighted by molar-refractivity contribution is -0.131. The van der Waals surface area contributed by atoms with Gasteiger partial charge in [0.2, 0.25) is 5.91 Å². The van der Waals surface area contributed by atoms with Gasteiger partial charge >= 0.3 is 5.97 Å². The van der Waals surface area contributed by atoms with Crippen LogP contribution < -0.4 is 5.32 Å². The smallest absolute Gasteiger partial charge is 0.328 e. The van der Waals surface area contributed by atoms with Gasteiger partial charge < -0.3 is 15.3 Å². The molecule has 2 amide bonds. The molecule has 1 fully saturated rings. The minimum absolute atomic E-state index is 0.0645. The molecule has 0 bridgehead atoms. The highest BCUT2D eigenvalue weighted by Gasteiger charge is 2.22. The molecule has 100 valence electrons. The Morgan fingerprint density at radius 2 is 2.26 bits per heavy atom. The van der Waals surface area contributed by atoms with Crippen LogP contribution in [0.4, 0.5) is 0 Å². The summed E-state index contributed by atoms with van der Waals surface area (Å²) in [6, 6.07) is 1.62. The molecule has 0 saturated carbocycles. The number of nitrogens with zero attached hydrogens (tertiary/aromatic N) is 1. The third-order valence-electron chi connectivity index (χ3n) is 2.58. The lowest BCUT2D eigenvalue weighted by Crippen LogP contribution is -2.49. The normalized spacial score (nSPS) is 15.6. The zero-order valence-electron chi connectivity index (χ0n) is 9.96. The van der Waals surface area contributed by atoms with Crippen LogP contribution in [0.1, 0.15) is 15.2 Å². The summed E-state index contributed by atoms with van der Waals surface area (Å²) in [4.78, 5) is 35.9. The molecule has 1 aromatic rings. The molecule has 0 aliphatic carbocycles. The average Bonchev–Trinajstić information content (AvgIpc) is 2.84. The van der Waals surface area contributed by atoms with Crippen molar-refractivity contribution in [3.05, 3.63) is 28.0 Å². The van der Waals surface area contributed by atoms with Crippen LogP contribution >= 0.6 is 11.3 Å². The van der Waals surface area contributed by atoms with Crippen molar-refractivity contribution in [2.75, 3.05) is 19.6 Å². The molecule has 19 heavy (non-hydrogen) atoms. The number of carbonyl (C=O) groups is 3. The fraction of sp³-hybridized carbons (Fsp3) is 0.250. The molecule has 2 N–H and O–H groups in total. The molecule has 1 aromatic heterocycles. The van der Waals surface area contributed by atoms with Crippen LogP contribution in [0, 0.1) is 0 Å². The quantitative estimate of drug-likeness (QED) is 0.786. The zero-order chi connectivity index (χ0) is 13.8. The Kier molecular flexibility index (Phi) is 3.96. The summed E-state index contributed by atoms with van der Waals surface area (Å²) >= 11 is 1.29. The van der Waals surface area contributed by atoms with Gasteiger partial charge in [-0.2, -0.15) is 0 Å². The van der Waals surface area contributed by atoms with Crippen molar-refractivity contribution in [3.8, 4) is 0 Å². The van der Waals surface area contributed by atoms with Crippen molar-refractivity contribution in [1.82, 2.24) is 10.2 Å². The first-order valence-electron chi connectivity index (χ1n) is 5.62. The van der Waals surface area contributed by atoms with Gasteiger partial charge in [0, 0.05) is 29.4 Å². The molecule has 0 radical (unpaired) electrons. The molecular weight excluding hydrogens is 268 g/mol. The van der Waals surface area contributed by atoms with E-state index in [1.165, 1.54) is 22.3 Å². The summed E-state index contributed by atoms with van der Waals surface area (Å²) < 4.78 is 0. The fourth-order valence-electron chi connectivity index (χ4n) is 1.70. The maximum Gasteiger partial charge on any atom is 0.328 e. The van der Waals surface area contributed by atoms with Crippen molar-refractivity contribution >= 4 is 35.2 Å². The second-order valence-corrected chi connectivity index (χ2v) is 4.93. The standard InChI is InChI=1S/C12H12N2O4S/c15-10-6-14(4-3-13-10)12(18)8-5-9(19-7-8)1-2-11(16)17/h1-2,5,7H,3-4,6H2,(H,13,15)(H,16,17). The number of carbonyl (C=O) groups excluding carboxylic acids is 2. The Morgan fingerprint density at radius 3 is 2.95 bits per heavy atom. The van der Waals surface area contributed by atoms with Crippen LogP contribution in [0.2, 0.25) is 0 Å². The zero-order valence-corrected chi connectivity index (χ0v) is 10.8. The van der Waals surface area contributed by atoms with Crippen molar-refractivity contribution < 1.29 is 19.5 Å². The number of aliphatic carboxylic acids is 1. The Bertz CT molecular complexity index is 550. The van der Waals surface area contributed by atoms with E-state index in [2.05, 4.69) is 5.32 Å². The number of carboxylic acid groups (broad SMARTS) is 1. The van der Waals surface area contributed by atoms with Crippen molar-refractivity contribution in [2.45, 2.75) is 0 Å². The lowest BCUT2D eigenvalue weighted by Gasteiger charge is -2.26. The van der Waals surface area contributed by atoms with E-state index < -0.39 is 5.97 Å². The van der Waals surface area contributed by atoms with E-state index in [1.54, 1.807) is 11.4 Å². The number of piperazine rings is 1. The molecule has 0 atom stereocenters. The van der Waals surface area contributed by atoms with E-state index >= 15 is 0 Å². The highest BCUT2D eigenvalue weighted by Crippen LogP contribution is 2.18. The van der Waals surface area contributed by atoms with Crippen molar-refractivity contribution in [3.63, 3.8) is 0 Å². The summed E-state index contributed by atoms with van der Waals surface area (Å²) in [6.07, 6.45) is 2.46. The maximum absolute atomic E-state index is 12.1. The van der Waals surface area contributed by atoms with Gasteiger partial charge in [-0.15, -0.1) is 11.3 Å². The highest BCUT2D eigenvalue weighted by molar-refractivity contribution is 7.11. The first kappa shape index (κ1) is 13.3. The third-order valence-corrected chi connectivity index (χ3v) is 3.48. The molecule has 1 aliphatic rings. The van der Waals surface area contributed by atoms with Crippen LogP contribution in [0.15, 0.2) is 17.5 Å². The summed E-state index contributed by atoms with van der Waals surface area (Å²) in [7, 11) is 0. The number of carboxylic acids is 1. The third kappa shape index (κ3) is 3.41. The number of amides is 2. The first-order chi connectivity index (χ1) is 9.06. The highest BCUT2D eigenvalue weighted by atomic mass is 32.1. The molecule has 0 unspecified atom stereocenters. The van der Waals surface area contributed by atoms with Crippen LogP contribution in [-0.4, -0.2) is 47.4 Å². The minimum Gasteiger partial charge on any atom is -0.478 e. The summed E-state index contributed by atoms with van der Waals surface area (Å²) in [6.45, 7) is 1.01. The monoisotopic (exact) mass is 280 g/mol. The van der Waals surface area contributed by atoms with Gasteiger partial charge in [-0.05, 0) is 12.1 Å². The number of nitrogens with one attached hydrogen (secondary N) is 1. The van der Waals surface area contributed by atoms with E-state index in [0.717, 1.165) is 6.08 Å². The second-order valence-electron chi connectivity index (χ2n) is 3.99. The van der Waals surface area contributed by atoms with Crippen LogP contribution in [-0.2, 0) is 9.59 Å². The Balaban J connectivity index is 2.07. The van der Waals surface area contributed by atoms with E-state index in [4.69, 9.17) is 5.11 Å². The molecule has 0 spiro atoms. The Labute approximate surface area is 113 Å². The fourth-order valence-corrected chi connectivity index (χ4v) is 2.47. The number of hydrogen-bond donors (Lipinski definition) is 2. The average molecular weight is 280 g/mol. The van der Waals surface area contributed by atoms with Gasteiger partial charge in [0.15, 0.2) is 0 Å². The van der Waals surface area contributed by atoms with Gasteiger partial charge in [0.25, 0.3) is 5.91 Å². The summed E-state index contributed by atoms with van der Waals surface area (Å²) in [5.41, 5.74) is 0.477. The van der Waals surface area contributed by atoms with Crippen LogP contribution in [0.25, 0.3) is 6.08 Å². The molecule has 1 saturated heterocycles. The van der Waals surface area contributed by atoms with Crippen molar-refractivity contribution in [1.29, 1.82) is 0 Å². The molecule has 2 heterocycles. The van der Waals surface area contributed by atoms with Gasteiger partial charge in [0.1, 0.15) is 0 Å². The summed E-state index contributed by atoms with van der Waals surface area (Å²) in [5, 5.41) is 12.8. The largest absolute Gasteiger partial charge is 0.478 e. The van der Waals surface area contributed by atoms with Crippen LogP contribution in [0.5, 0.6) is 0 Å². The molecule has 2 rings (SSSR count). The first-order valence-corrected chi connectivity index (χ1v) is 6.50. The van der Waals surface area contributed by atoms with E-state index in [1.807, 2.05) is 0 Å². The molecule has 6 nitrogen and oxygen atoms in total. The van der Waals surface area contributed by atoms with Crippen LogP contribution in [0.3, 0.4) is 0 Å². The number of hydrogen-bond acceptors (Lipinski definition) is 4. The Hall–Kier alpha value is -2.15. The molecular formula is C12H12N2O4S. The number of rotatable bonds is 3. The SMILES string of the molecule is O=C(O)C=Cc1cc(C(=O)N2CCNC(=O)C2)cs1. The Morgan fingerprint density at radius 1 is 1.47 bits per heavy atom. The topological polar surface area (TPSA) is 86.7 Å². The van der Waals surface area contributed by atoms with Crippen molar-refractivity contribution in [2.24, 2.45) is 0 Å². The lowest BCUT2D eigenvalue weighted by atomic mass is 10.2. The van der Waals surface area contributed by atoms with Gasteiger partial charge in [-0.25, -0.2) is 4.79 Å². The maximum atomic E-state index is 12.1. The van der Waals surface area contributed by atoms with E-state index in [0.29, 0.717) is 23.5 Å². The minimum atomic E-state index is -1.03.